The molecule has 0 atom stereocenters. The lowest BCUT2D eigenvalue weighted by molar-refractivity contribution is -0.183. The molecule has 3 rings (SSSR count). The molecule has 0 amide bonds. The first-order valence-electron chi connectivity index (χ1n) is 9.96. The van der Waals surface area contributed by atoms with Crippen LogP contribution >= 0.6 is 0 Å². The zero-order valence-corrected chi connectivity index (χ0v) is 16.9. The Kier molecular flexibility index (Phi) is 6.87. The van der Waals surface area contributed by atoms with Crippen LogP contribution in [0, 0.1) is 10.8 Å². The van der Waals surface area contributed by atoms with Gasteiger partial charge in [0.25, 0.3) is 0 Å². The van der Waals surface area contributed by atoms with Crippen LogP contribution in [0.15, 0.2) is 60.7 Å². The molecule has 150 valence electrons. The Morgan fingerprint density at radius 3 is 1.75 bits per heavy atom. The topological polar surface area (TPSA) is 44.8 Å². The van der Waals surface area contributed by atoms with Gasteiger partial charge in [0.2, 0.25) is 0 Å². The Morgan fingerprint density at radius 1 is 0.857 bits per heavy atom. The molecule has 4 nitrogen and oxygen atoms in total. The van der Waals surface area contributed by atoms with E-state index < -0.39 is 5.41 Å². The molecule has 1 aliphatic rings. The summed E-state index contributed by atoms with van der Waals surface area (Å²) >= 11 is 0. The average Bonchev–Trinajstić information content (AvgIpc) is 2.68. The monoisotopic (exact) mass is 382 g/mol. The Morgan fingerprint density at radius 2 is 1.32 bits per heavy atom. The Labute approximate surface area is 167 Å². The molecule has 28 heavy (non-hydrogen) atoms. The van der Waals surface area contributed by atoms with Crippen molar-refractivity contribution in [3.05, 3.63) is 71.8 Å². The van der Waals surface area contributed by atoms with Gasteiger partial charge in [0.1, 0.15) is 0 Å². The summed E-state index contributed by atoms with van der Waals surface area (Å²) in [5.41, 5.74) is 1.71. The van der Waals surface area contributed by atoms with E-state index in [0.29, 0.717) is 33.0 Å². The van der Waals surface area contributed by atoms with Crippen molar-refractivity contribution in [2.75, 3.05) is 19.8 Å². The van der Waals surface area contributed by atoms with E-state index in [4.69, 9.17) is 14.2 Å². The molecule has 1 fully saturated rings. The summed E-state index contributed by atoms with van der Waals surface area (Å²) < 4.78 is 17.3. The van der Waals surface area contributed by atoms with Crippen LogP contribution in [0.5, 0.6) is 0 Å². The molecule has 0 spiro atoms. The van der Waals surface area contributed by atoms with Gasteiger partial charge in [-0.1, -0.05) is 60.7 Å². The van der Waals surface area contributed by atoms with Crippen molar-refractivity contribution in [3.8, 4) is 0 Å². The summed E-state index contributed by atoms with van der Waals surface area (Å²) in [5, 5.41) is 0. The van der Waals surface area contributed by atoms with E-state index >= 15 is 0 Å². The highest BCUT2D eigenvalue weighted by molar-refractivity contribution is 5.78. The van der Waals surface area contributed by atoms with E-state index in [9.17, 15) is 4.79 Å². The standard InChI is InChI=1S/C24H30O4/c1-3-28-22(25)23(2)16-24(17-23,18-26-14-20-10-6-4-7-11-20)19-27-15-21-12-8-5-9-13-21/h4-13H,3,14-19H2,1-2H3. The number of ether oxygens (including phenoxy) is 3. The first-order valence-corrected chi connectivity index (χ1v) is 9.96. The smallest absolute Gasteiger partial charge is 0.311 e. The van der Waals surface area contributed by atoms with Crippen molar-refractivity contribution in [2.24, 2.45) is 10.8 Å². The van der Waals surface area contributed by atoms with E-state index in [0.717, 1.165) is 24.0 Å². The first-order chi connectivity index (χ1) is 13.6. The molecule has 0 aromatic heterocycles. The maximum atomic E-state index is 12.3. The fourth-order valence-electron chi connectivity index (χ4n) is 4.22. The highest BCUT2D eigenvalue weighted by atomic mass is 16.5. The van der Waals surface area contributed by atoms with E-state index in [-0.39, 0.29) is 11.4 Å². The number of benzene rings is 2. The molecule has 0 unspecified atom stereocenters. The summed E-state index contributed by atoms with van der Waals surface area (Å²) in [5.74, 6) is -0.114. The second-order valence-electron chi connectivity index (χ2n) is 8.09. The second-order valence-corrected chi connectivity index (χ2v) is 8.09. The molecule has 0 radical (unpaired) electrons. The molecule has 0 bridgehead atoms. The van der Waals surface area contributed by atoms with Crippen LogP contribution in [-0.4, -0.2) is 25.8 Å². The Balaban J connectivity index is 1.57. The van der Waals surface area contributed by atoms with Gasteiger partial charge < -0.3 is 14.2 Å². The lowest BCUT2D eigenvalue weighted by atomic mass is 9.54. The number of rotatable bonds is 10. The maximum Gasteiger partial charge on any atom is 0.311 e. The van der Waals surface area contributed by atoms with Gasteiger partial charge in [-0.2, -0.15) is 0 Å². The number of carbonyl (C=O) groups excluding carboxylic acids is 1. The van der Waals surface area contributed by atoms with Crippen molar-refractivity contribution >= 4 is 5.97 Å². The highest BCUT2D eigenvalue weighted by Gasteiger charge is 2.57. The van der Waals surface area contributed by atoms with E-state index in [1.165, 1.54) is 0 Å². The minimum Gasteiger partial charge on any atom is -0.466 e. The van der Waals surface area contributed by atoms with Crippen molar-refractivity contribution < 1.29 is 19.0 Å². The van der Waals surface area contributed by atoms with Crippen LogP contribution in [0.1, 0.15) is 37.8 Å². The molecular formula is C24H30O4. The van der Waals surface area contributed by atoms with Gasteiger partial charge in [0, 0.05) is 5.41 Å². The average molecular weight is 383 g/mol. The van der Waals surface area contributed by atoms with Gasteiger partial charge in [-0.05, 0) is 37.8 Å². The van der Waals surface area contributed by atoms with E-state index in [1.807, 2.05) is 50.2 Å². The Bertz CT molecular complexity index is 688. The molecule has 1 aliphatic carbocycles. The van der Waals surface area contributed by atoms with Gasteiger partial charge >= 0.3 is 5.97 Å². The molecule has 2 aromatic carbocycles. The van der Waals surface area contributed by atoms with Gasteiger partial charge in [-0.15, -0.1) is 0 Å². The summed E-state index contributed by atoms with van der Waals surface area (Å²) in [6.07, 6.45) is 1.45. The highest BCUT2D eigenvalue weighted by Crippen LogP contribution is 2.55. The van der Waals surface area contributed by atoms with Gasteiger partial charge in [0.05, 0.1) is 38.4 Å². The predicted octanol–water partition coefficient (Wildman–Crippen LogP) is 4.77. The zero-order valence-electron chi connectivity index (χ0n) is 16.9. The third-order valence-corrected chi connectivity index (χ3v) is 5.34. The van der Waals surface area contributed by atoms with Gasteiger partial charge in [0.15, 0.2) is 0 Å². The fraction of sp³-hybridized carbons (Fsp3) is 0.458. The van der Waals surface area contributed by atoms with Crippen LogP contribution in [-0.2, 0) is 32.2 Å². The van der Waals surface area contributed by atoms with Crippen LogP contribution in [0.3, 0.4) is 0 Å². The molecular weight excluding hydrogens is 352 g/mol. The van der Waals surface area contributed by atoms with E-state index in [2.05, 4.69) is 24.3 Å². The molecule has 0 aliphatic heterocycles. The second kappa shape index (κ2) is 9.35. The molecule has 2 aromatic rings. The lowest BCUT2D eigenvalue weighted by Crippen LogP contribution is -2.54. The van der Waals surface area contributed by atoms with Crippen LogP contribution in [0.4, 0.5) is 0 Å². The van der Waals surface area contributed by atoms with Gasteiger partial charge in [-0.25, -0.2) is 0 Å². The van der Waals surface area contributed by atoms with Crippen molar-refractivity contribution in [2.45, 2.75) is 39.9 Å². The van der Waals surface area contributed by atoms with Crippen molar-refractivity contribution in [1.82, 2.24) is 0 Å². The first kappa shape index (κ1) is 20.6. The minimum absolute atomic E-state index is 0.114. The zero-order chi connectivity index (χ0) is 19.9. The minimum atomic E-state index is -0.442. The van der Waals surface area contributed by atoms with Crippen molar-refractivity contribution in [3.63, 3.8) is 0 Å². The number of esters is 1. The van der Waals surface area contributed by atoms with Crippen LogP contribution < -0.4 is 0 Å². The van der Waals surface area contributed by atoms with Crippen molar-refractivity contribution in [1.29, 1.82) is 0 Å². The molecule has 0 saturated heterocycles. The van der Waals surface area contributed by atoms with E-state index in [1.54, 1.807) is 0 Å². The van der Waals surface area contributed by atoms with Crippen LogP contribution in [0.2, 0.25) is 0 Å². The maximum absolute atomic E-state index is 12.3. The van der Waals surface area contributed by atoms with Gasteiger partial charge in [-0.3, -0.25) is 4.79 Å². The molecule has 0 heterocycles. The largest absolute Gasteiger partial charge is 0.466 e. The summed E-state index contributed by atoms with van der Waals surface area (Å²) in [4.78, 5) is 12.3. The molecule has 4 heteroatoms. The summed E-state index contributed by atoms with van der Waals surface area (Å²) in [6, 6.07) is 20.3. The number of hydrogen-bond acceptors (Lipinski definition) is 4. The molecule has 0 N–H and O–H groups in total. The third-order valence-electron chi connectivity index (χ3n) is 5.34. The summed E-state index contributed by atoms with van der Waals surface area (Å²) in [6.45, 7) is 6.53. The molecule has 1 saturated carbocycles. The Hall–Kier alpha value is -2.17. The normalized spacial score (nSPS) is 16.9. The number of hydrogen-bond donors (Lipinski definition) is 0. The third kappa shape index (κ3) is 5.21. The predicted molar refractivity (Wildman–Crippen MR) is 109 cm³/mol. The summed E-state index contributed by atoms with van der Waals surface area (Å²) in [7, 11) is 0. The lowest BCUT2D eigenvalue weighted by Gasteiger charge is -2.52. The quantitative estimate of drug-likeness (QED) is 0.555. The SMILES string of the molecule is CCOC(=O)C1(C)CC(COCc2ccccc2)(COCc2ccccc2)C1. The number of carbonyl (C=O) groups is 1. The fourth-order valence-corrected chi connectivity index (χ4v) is 4.22. The van der Waals surface area contributed by atoms with Crippen LogP contribution in [0.25, 0.3) is 0 Å².